The van der Waals surface area contributed by atoms with Gasteiger partial charge < -0.3 is 4.90 Å². The number of hydrogen-bond donors (Lipinski definition) is 2. The largest absolute Gasteiger partial charge is 0.322 e. The van der Waals surface area contributed by atoms with Crippen molar-refractivity contribution in [2.75, 3.05) is 0 Å². The van der Waals surface area contributed by atoms with E-state index in [1.165, 1.54) is 35.2 Å². The van der Waals surface area contributed by atoms with Crippen LogP contribution in [0, 0.1) is 0 Å². The summed E-state index contributed by atoms with van der Waals surface area (Å²) in [6, 6.07) is 10.00. The van der Waals surface area contributed by atoms with Crippen molar-refractivity contribution in [3.8, 4) is 0 Å². The maximum absolute atomic E-state index is 13.0. The van der Waals surface area contributed by atoms with Gasteiger partial charge in [-0.05, 0) is 42.3 Å². The number of nitrogens with one attached hydrogen (secondary N) is 2. The third kappa shape index (κ3) is 3.57. The van der Waals surface area contributed by atoms with Crippen molar-refractivity contribution in [3.63, 3.8) is 0 Å². The highest BCUT2D eigenvalue weighted by Crippen LogP contribution is 2.29. The standard InChI is InChI=1S/C21H16ClN3O5/c22-13-6-4-11(5-7-13)18(27)24-19(28)14-3-1-2-12-10-25(21(30)17(12)14)15-8-9-16(26)23-20(15)29/h1-7,15H,8-10H2,(H,23,26,29)(H,24,27,28). The number of benzene rings is 2. The van der Waals surface area contributed by atoms with Crippen molar-refractivity contribution in [1.29, 1.82) is 0 Å². The fourth-order valence-electron chi connectivity index (χ4n) is 3.65. The molecule has 0 saturated carbocycles. The summed E-state index contributed by atoms with van der Waals surface area (Å²) >= 11 is 5.81. The molecule has 1 unspecified atom stereocenters. The molecular weight excluding hydrogens is 410 g/mol. The second-order valence-electron chi connectivity index (χ2n) is 7.03. The molecule has 0 spiro atoms. The molecule has 30 heavy (non-hydrogen) atoms. The highest BCUT2D eigenvalue weighted by Gasteiger charge is 2.40. The molecule has 1 atom stereocenters. The molecule has 2 aliphatic heterocycles. The van der Waals surface area contributed by atoms with Gasteiger partial charge in [-0.3, -0.25) is 34.6 Å². The van der Waals surface area contributed by atoms with E-state index in [0.29, 0.717) is 10.6 Å². The first-order valence-corrected chi connectivity index (χ1v) is 9.61. The minimum absolute atomic E-state index is 0.0506. The number of carbonyl (C=O) groups is 5. The van der Waals surface area contributed by atoms with Gasteiger partial charge in [0.25, 0.3) is 17.7 Å². The summed E-state index contributed by atoms with van der Waals surface area (Å²) in [6.07, 6.45) is 0.362. The highest BCUT2D eigenvalue weighted by atomic mass is 35.5. The molecule has 2 heterocycles. The Labute approximate surface area is 176 Å². The van der Waals surface area contributed by atoms with Gasteiger partial charge in [0.2, 0.25) is 11.8 Å². The van der Waals surface area contributed by atoms with Crippen molar-refractivity contribution in [3.05, 3.63) is 69.7 Å². The Morgan fingerprint density at radius 1 is 1.03 bits per heavy atom. The Kier molecular flexibility index (Phi) is 5.09. The lowest BCUT2D eigenvalue weighted by Crippen LogP contribution is -2.52. The first-order chi connectivity index (χ1) is 14.3. The molecule has 2 N–H and O–H groups in total. The first-order valence-electron chi connectivity index (χ1n) is 9.23. The van der Waals surface area contributed by atoms with Crippen LogP contribution in [-0.2, 0) is 16.1 Å². The van der Waals surface area contributed by atoms with Gasteiger partial charge in [0.1, 0.15) is 6.04 Å². The summed E-state index contributed by atoms with van der Waals surface area (Å²) in [4.78, 5) is 63.0. The maximum atomic E-state index is 13.0. The van der Waals surface area contributed by atoms with Crippen molar-refractivity contribution in [1.82, 2.24) is 15.5 Å². The van der Waals surface area contributed by atoms with Crippen LogP contribution >= 0.6 is 11.6 Å². The number of carbonyl (C=O) groups excluding carboxylic acids is 5. The molecule has 5 amide bonds. The number of hydrogen-bond acceptors (Lipinski definition) is 5. The Morgan fingerprint density at radius 2 is 1.77 bits per heavy atom. The molecule has 152 valence electrons. The van der Waals surface area contributed by atoms with Crippen LogP contribution in [0.1, 0.15) is 49.5 Å². The predicted octanol–water partition coefficient (Wildman–Crippen LogP) is 1.67. The molecule has 1 fully saturated rings. The van der Waals surface area contributed by atoms with Gasteiger partial charge in [0, 0.05) is 23.6 Å². The number of fused-ring (bicyclic) bond motifs is 1. The normalized spacial score (nSPS) is 18.1. The topological polar surface area (TPSA) is 113 Å². The Balaban J connectivity index is 1.56. The van der Waals surface area contributed by atoms with E-state index < -0.39 is 29.7 Å². The average molecular weight is 426 g/mol. The predicted molar refractivity (Wildman–Crippen MR) is 106 cm³/mol. The third-order valence-electron chi connectivity index (χ3n) is 5.13. The van der Waals surface area contributed by atoms with Gasteiger partial charge in [0.05, 0.1) is 11.1 Å². The number of halogens is 1. The van der Waals surface area contributed by atoms with E-state index in [1.807, 2.05) is 0 Å². The molecule has 2 aromatic rings. The molecule has 4 rings (SSSR count). The van der Waals surface area contributed by atoms with Crippen LogP contribution in [0.2, 0.25) is 5.02 Å². The zero-order chi connectivity index (χ0) is 21.4. The van der Waals surface area contributed by atoms with Gasteiger partial charge >= 0.3 is 0 Å². The van der Waals surface area contributed by atoms with E-state index in [9.17, 15) is 24.0 Å². The zero-order valence-electron chi connectivity index (χ0n) is 15.6. The van der Waals surface area contributed by atoms with E-state index >= 15 is 0 Å². The van der Waals surface area contributed by atoms with Crippen molar-refractivity contribution >= 4 is 41.1 Å². The van der Waals surface area contributed by atoms with Gasteiger partial charge in [-0.2, -0.15) is 0 Å². The lowest BCUT2D eigenvalue weighted by molar-refractivity contribution is -0.136. The minimum atomic E-state index is -0.783. The van der Waals surface area contributed by atoms with Crippen LogP contribution in [0.25, 0.3) is 0 Å². The van der Waals surface area contributed by atoms with E-state index in [2.05, 4.69) is 10.6 Å². The second-order valence-corrected chi connectivity index (χ2v) is 7.47. The van der Waals surface area contributed by atoms with Crippen molar-refractivity contribution in [2.45, 2.75) is 25.4 Å². The summed E-state index contributed by atoms with van der Waals surface area (Å²) in [5, 5.41) is 4.97. The van der Waals surface area contributed by atoms with E-state index in [1.54, 1.807) is 12.1 Å². The van der Waals surface area contributed by atoms with Crippen molar-refractivity contribution in [2.24, 2.45) is 0 Å². The van der Waals surface area contributed by atoms with Gasteiger partial charge in [-0.25, -0.2) is 0 Å². The molecular formula is C21H16ClN3O5. The van der Waals surface area contributed by atoms with E-state index in [4.69, 9.17) is 11.6 Å². The molecule has 1 saturated heterocycles. The Hall–Kier alpha value is -3.52. The molecule has 0 bridgehead atoms. The minimum Gasteiger partial charge on any atom is -0.322 e. The van der Waals surface area contributed by atoms with Crippen LogP contribution in [0.5, 0.6) is 0 Å². The Morgan fingerprint density at radius 3 is 2.47 bits per heavy atom. The van der Waals surface area contributed by atoms with Crippen molar-refractivity contribution < 1.29 is 24.0 Å². The lowest BCUT2D eigenvalue weighted by Gasteiger charge is -2.29. The highest BCUT2D eigenvalue weighted by molar-refractivity contribution is 6.30. The molecule has 0 radical (unpaired) electrons. The van der Waals surface area contributed by atoms with Crippen LogP contribution in [0.4, 0.5) is 0 Å². The molecule has 8 nitrogen and oxygen atoms in total. The molecule has 0 aromatic heterocycles. The van der Waals surface area contributed by atoms with Gasteiger partial charge in [-0.15, -0.1) is 0 Å². The number of amides is 5. The summed E-state index contributed by atoms with van der Waals surface area (Å²) in [5.74, 6) is -2.73. The fourth-order valence-corrected chi connectivity index (χ4v) is 3.77. The van der Waals surface area contributed by atoms with E-state index in [0.717, 1.165) is 0 Å². The molecule has 9 heteroatoms. The first kappa shape index (κ1) is 19.8. The number of rotatable bonds is 3. The van der Waals surface area contributed by atoms with Crippen LogP contribution in [0.3, 0.4) is 0 Å². The SMILES string of the molecule is O=C1CCC(N2Cc3cccc(C(=O)NC(=O)c4ccc(Cl)cc4)c3C2=O)C(=O)N1. The van der Waals surface area contributed by atoms with Crippen LogP contribution in [-0.4, -0.2) is 40.5 Å². The number of nitrogens with zero attached hydrogens (tertiary/aromatic N) is 1. The maximum Gasteiger partial charge on any atom is 0.258 e. The molecule has 2 aromatic carbocycles. The summed E-state index contributed by atoms with van der Waals surface area (Å²) in [7, 11) is 0. The van der Waals surface area contributed by atoms with Gasteiger partial charge in [0.15, 0.2) is 0 Å². The fraction of sp³-hybridized carbons (Fsp3) is 0.190. The number of imide groups is 2. The average Bonchev–Trinajstić information content (AvgIpc) is 3.05. The van der Waals surface area contributed by atoms with E-state index in [-0.39, 0.29) is 42.0 Å². The Bertz CT molecular complexity index is 1100. The molecule has 0 aliphatic carbocycles. The van der Waals surface area contributed by atoms with Crippen LogP contribution in [0.15, 0.2) is 42.5 Å². The van der Waals surface area contributed by atoms with Gasteiger partial charge in [-0.1, -0.05) is 23.7 Å². The zero-order valence-corrected chi connectivity index (χ0v) is 16.4. The second kappa shape index (κ2) is 7.72. The quantitative estimate of drug-likeness (QED) is 0.726. The summed E-state index contributed by atoms with van der Waals surface area (Å²) in [5.41, 5.74) is 1.03. The third-order valence-corrected chi connectivity index (χ3v) is 5.38. The molecule has 2 aliphatic rings. The monoisotopic (exact) mass is 425 g/mol. The smallest absolute Gasteiger partial charge is 0.258 e. The summed E-state index contributed by atoms with van der Waals surface area (Å²) in [6.45, 7) is 0.146. The lowest BCUT2D eigenvalue weighted by atomic mass is 10.0. The summed E-state index contributed by atoms with van der Waals surface area (Å²) < 4.78 is 0. The number of piperidine rings is 1. The van der Waals surface area contributed by atoms with Crippen LogP contribution < -0.4 is 10.6 Å².